The first kappa shape index (κ1) is 16.1. The Bertz CT molecular complexity index is 1060. The quantitative estimate of drug-likeness (QED) is 0.682. The number of pyridine rings is 1. The van der Waals surface area contributed by atoms with Crippen LogP contribution in [0, 0.1) is 11.3 Å². The number of carbonyl (C=O) groups is 1. The van der Waals surface area contributed by atoms with Crippen molar-refractivity contribution in [3.05, 3.63) is 50.1 Å². The van der Waals surface area contributed by atoms with Crippen molar-refractivity contribution in [1.82, 2.24) is 4.98 Å². The van der Waals surface area contributed by atoms with Crippen LogP contribution in [-0.4, -0.2) is 23.2 Å². The number of rotatable bonds is 2. The highest BCUT2D eigenvalue weighted by molar-refractivity contribution is 7.23. The van der Waals surface area contributed by atoms with Gasteiger partial charge in [0.2, 0.25) is 0 Å². The molecular weight excluding hydrogens is 352 g/mol. The summed E-state index contributed by atoms with van der Waals surface area (Å²) in [6, 6.07) is 8.11. The average molecular weight is 361 g/mol. The van der Waals surface area contributed by atoms with Crippen molar-refractivity contribution in [3.8, 4) is 22.9 Å². The molecule has 0 bridgehead atoms. The number of H-pyrrole nitrogens is 1. The van der Waals surface area contributed by atoms with Gasteiger partial charge < -0.3 is 14.8 Å². The highest BCUT2D eigenvalue weighted by Crippen LogP contribution is 2.45. The van der Waals surface area contributed by atoms with Crippen LogP contribution in [0.1, 0.15) is 15.9 Å². The minimum absolute atomic E-state index is 0.298. The highest BCUT2D eigenvalue weighted by atomic mass is 35.5. The van der Waals surface area contributed by atoms with Gasteiger partial charge in [0, 0.05) is 5.56 Å². The van der Waals surface area contributed by atoms with E-state index in [4.69, 9.17) is 16.9 Å². The molecule has 6 nitrogen and oxygen atoms in total. The zero-order valence-corrected chi connectivity index (χ0v) is 13.8. The van der Waals surface area contributed by atoms with Crippen molar-refractivity contribution < 1.29 is 14.6 Å². The molecule has 0 unspecified atom stereocenters. The number of hydrogen-bond donors (Lipinski definition) is 2. The van der Waals surface area contributed by atoms with E-state index in [-0.39, 0.29) is 5.56 Å². The topological polar surface area (TPSA) is 103 Å². The summed E-state index contributed by atoms with van der Waals surface area (Å²) >= 11 is 7.35. The summed E-state index contributed by atoms with van der Waals surface area (Å²) in [6.45, 7) is 0. The molecule has 2 aromatic heterocycles. The monoisotopic (exact) mass is 360 g/mol. The van der Waals surface area contributed by atoms with Crippen LogP contribution in [0.5, 0.6) is 5.75 Å². The summed E-state index contributed by atoms with van der Waals surface area (Å²) in [7, 11) is 1.29. The van der Waals surface area contributed by atoms with Gasteiger partial charge in [-0.3, -0.25) is 4.79 Å². The molecule has 3 rings (SSSR count). The lowest BCUT2D eigenvalue weighted by molar-refractivity contribution is 0.0601. The molecule has 0 saturated heterocycles. The predicted molar refractivity (Wildman–Crippen MR) is 90.6 cm³/mol. The first-order chi connectivity index (χ1) is 11.5. The number of esters is 1. The van der Waals surface area contributed by atoms with Gasteiger partial charge in [-0.05, 0) is 17.7 Å². The lowest BCUT2D eigenvalue weighted by atomic mass is 10.0. The van der Waals surface area contributed by atoms with Crippen LogP contribution in [0.3, 0.4) is 0 Å². The Kier molecular flexibility index (Phi) is 4.01. The van der Waals surface area contributed by atoms with E-state index in [0.717, 1.165) is 11.3 Å². The van der Waals surface area contributed by atoms with Crippen LogP contribution in [0.4, 0.5) is 0 Å². The van der Waals surface area contributed by atoms with Crippen LogP contribution in [0.15, 0.2) is 29.1 Å². The van der Waals surface area contributed by atoms with Crippen LogP contribution in [0.2, 0.25) is 4.34 Å². The Morgan fingerprint density at radius 3 is 2.62 bits per heavy atom. The summed E-state index contributed by atoms with van der Waals surface area (Å²) in [6.07, 6.45) is 0. The molecular formula is C16H9ClN2O4S. The summed E-state index contributed by atoms with van der Waals surface area (Å²) < 4.78 is 4.99. The lowest BCUT2D eigenvalue weighted by Crippen LogP contribution is -2.09. The fraction of sp³-hybridized carbons (Fsp3) is 0.0625. The van der Waals surface area contributed by atoms with Crippen LogP contribution < -0.4 is 5.56 Å². The largest absolute Gasteiger partial charge is 0.506 e. The van der Waals surface area contributed by atoms with Gasteiger partial charge in [-0.1, -0.05) is 23.7 Å². The molecule has 1 aromatic carbocycles. The number of nitrogens with one attached hydrogen (secondary N) is 1. The van der Waals surface area contributed by atoms with E-state index in [1.165, 1.54) is 7.11 Å². The van der Waals surface area contributed by atoms with Crippen LogP contribution in [-0.2, 0) is 4.74 Å². The number of nitriles is 1. The van der Waals surface area contributed by atoms with Gasteiger partial charge in [0.15, 0.2) is 5.56 Å². The van der Waals surface area contributed by atoms with E-state index < -0.39 is 17.3 Å². The first-order valence-electron chi connectivity index (χ1n) is 6.64. The number of benzene rings is 1. The van der Waals surface area contributed by atoms with Gasteiger partial charge in [0.25, 0.3) is 5.56 Å². The van der Waals surface area contributed by atoms with Crippen LogP contribution in [0.25, 0.3) is 21.3 Å². The number of thiophene rings is 1. The normalized spacial score (nSPS) is 10.5. The number of hydrogen-bond acceptors (Lipinski definition) is 6. The highest BCUT2D eigenvalue weighted by Gasteiger charge is 2.21. The fourth-order valence-corrected chi connectivity index (χ4v) is 3.75. The van der Waals surface area contributed by atoms with E-state index >= 15 is 0 Å². The average Bonchev–Trinajstić information content (AvgIpc) is 2.90. The van der Waals surface area contributed by atoms with Crippen molar-refractivity contribution in [2.45, 2.75) is 0 Å². The summed E-state index contributed by atoms with van der Waals surface area (Å²) in [4.78, 5) is 26.2. The van der Waals surface area contributed by atoms with Gasteiger partial charge >= 0.3 is 5.97 Å². The molecule has 3 aromatic rings. The second-order valence-electron chi connectivity index (χ2n) is 4.81. The minimum Gasteiger partial charge on any atom is -0.506 e. The molecule has 0 atom stereocenters. The summed E-state index contributed by atoms with van der Waals surface area (Å²) in [5.74, 6) is -0.881. The zero-order chi connectivity index (χ0) is 17.4. The van der Waals surface area contributed by atoms with Gasteiger partial charge in [-0.15, -0.1) is 11.3 Å². The van der Waals surface area contributed by atoms with Gasteiger partial charge in [-0.25, -0.2) is 4.79 Å². The number of aromatic nitrogens is 1. The van der Waals surface area contributed by atoms with Gasteiger partial charge in [0.1, 0.15) is 21.0 Å². The fourth-order valence-electron chi connectivity index (χ4n) is 2.37. The number of carbonyl (C=O) groups excluding carboxylic acids is 1. The SMILES string of the molecule is COC(=O)c1ccc(-c2c(Cl)sc3[nH]c(=O)c(C#N)c(O)c23)cc1. The number of aromatic amines is 1. The maximum absolute atomic E-state index is 11.8. The van der Waals surface area contributed by atoms with Gasteiger partial charge in [-0.2, -0.15) is 5.26 Å². The summed E-state index contributed by atoms with van der Waals surface area (Å²) in [5, 5.41) is 19.6. The van der Waals surface area contributed by atoms with E-state index in [1.54, 1.807) is 30.3 Å². The molecule has 120 valence electrons. The van der Waals surface area contributed by atoms with Crippen molar-refractivity contribution in [2.75, 3.05) is 7.11 Å². The third-order valence-corrected chi connectivity index (χ3v) is 4.81. The molecule has 0 saturated carbocycles. The third kappa shape index (κ3) is 2.42. The molecule has 0 fully saturated rings. The number of ether oxygens (including phenoxy) is 1. The Hall–Kier alpha value is -2.82. The molecule has 0 spiro atoms. The molecule has 0 aliphatic carbocycles. The van der Waals surface area contributed by atoms with Gasteiger partial charge in [0.05, 0.1) is 18.1 Å². The number of fused-ring (bicyclic) bond motifs is 1. The van der Waals surface area contributed by atoms with Crippen molar-refractivity contribution in [1.29, 1.82) is 5.26 Å². The molecule has 24 heavy (non-hydrogen) atoms. The lowest BCUT2D eigenvalue weighted by Gasteiger charge is -2.05. The van der Waals surface area contributed by atoms with Crippen molar-refractivity contribution >= 4 is 39.1 Å². The molecule has 2 N–H and O–H groups in total. The Balaban J connectivity index is 2.27. The first-order valence-corrected chi connectivity index (χ1v) is 7.83. The molecule has 2 heterocycles. The molecule has 8 heteroatoms. The molecule has 0 amide bonds. The van der Waals surface area contributed by atoms with E-state index in [1.807, 2.05) is 0 Å². The van der Waals surface area contributed by atoms with E-state index in [2.05, 4.69) is 9.72 Å². The molecule has 0 aliphatic rings. The Morgan fingerprint density at radius 2 is 2.04 bits per heavy atom. The van der Waals surface area contributed by atoms with E-state index in [9.17, 15) is 14.7 Å². The number of aromatic hydroxyl groups is 1. The Morgan fingerprint density at radius 1 is 1.38 bits per heavy atom. The molecule has 0 radical (unpaired) electrons. The van der Waals surface area contributed by atoms with Crippen molar-refractivity contribution in [3.63, 3.8) is 0 Å². The zero-order valence-electron chi connectivity index (χ0n) is 12.2. The standard InChI is InChI=1S/C16H9ClN2O4S/c1-23-16(22)8-4-2-7(3-5-8)10-11-12(20)9(6-18)14(21)19-15(11)24-13(10)17/h2-5H,1H3,(H2,19,20,21). The second kappa shape index (κ2) is 6.00. The minimum atomic E-state index is -0.673. The Labute approximate surface area is 144 Å². The van der Waals surface area contributed by atoms with Crippen LogP contribution >= 0.6 is 22.9 Å². The number of halogens is 1. The maximum Gasteiger partial charge on any atom is 0.337 e. The van der Waals surface area contributed by atoms with Crippen molar-refractivity contribution in [2.24, 2.45) is 0 Å². The predicted octanol–water partition coefficient (Wildman–Crippen LogP) is 3.27. The smallest absolute Gasteiger partial charge is 0.337 e. The second-order valence-corrected chi connectivity index (χ2v) is 6.44. The molecule has 0 aliphatic heterocycles. The third-order valence-electron chi connectivity index (χ3n) is 3.50. The van der Waals surface area contributed by atoms with E-state index in [0.29, 0.717) is 31.2 Å². The number of methoxy groups -OCH3 is 1. The maximum atomic E-state index is 11.8. The summed E-state index contributed by atoms with van der Waals surface area (Å²) in [5.41, 5.74) is 0.438. The number of nitrogens with zero attached hydrogens (tertiary/aromatic N) is 1.